The van der Waals surface area contributed by atoms with Gasteiger partial charge in [0.1, 0.15) is 11.4 Å². The van der Waals surface area contributed by atoms with Crippen LogP contribution in [-0.2, 0) is 0 Å². The summed E-state index contributed by atoms with van der Waals surface area (Å²) in [5.74, 6) is 0. The van der Waals surface area contributed by atoms with Gasteiger partial charge in [-0.1, -0.05) is 0 Å². The van der Waals surface area contributed by atoms with Gasteiger partial charge in [-0.05, 0) is 11.8 Å². The number of hydrogen-bond acceptors (Lipinski definition) is 2. The minimum atomic E-state index is -0.601. The van der Waals surface area contributed by atoms with Crippen LogP contribution in [-0.4, -0.2) is 6.01 Å². The van der Waals surface area contributed by atoms with Crippen molar-refractivity contribution in [2.24, 2.45) is 0 Å². The smallest absolute Gasteiger partial charge is 0.149 e. The number of nitrogens with zero attached hydrogens (tertiary/aromatic N) is 1. The molecule has 0 fully saturated rings. The Hall–Kier alpha value is -0.230. The second kappa shape index (κ2) is 3.77. The van der Waals surface area contributed by atoms with E-state index in [0.717, 1.165) is 0 Å². The second-order valence-electron chi connectivity index (χ2n) is 0.345. The molecule has 0 aliphatic heterocycles. The van der Waals surface area contributed by atoms with Gasteiger partial charge >= 0.3 is 0 Å². The second-order valence-corrected chi connectivity index (χ2v) is 1.03. The van der Waals surface area contributed by atoms with Crippen molar-refractivity contribution in [1.82, 2.24) is 0 Å². The van der Waals surface area contributed by atoms with Gasteiger partial charge in [0.05, 0.1) is 0 Å². The minimum absolute atomic E-state index is 0.601. The predicted molar refractivity (Wildman–Crippen MR) is 19.2 cm³/mol. The van der Waals surface area contributed by atoms with Crippen molar-refractivity contribution in [3.05, 3.63) is 0 Å². The zero-order valence-corrected chi connectivity index (χ0v) is 3.26. The Labute approximate surface area is 33.8 Å². The van der Waals surface area contributed by atoms with Crippen LogP contribution in [0.3, 0.4) is 0 Å². The Bertz CT molecular complexity index is 48.1. The molecule has 0 aromatic heterocycles. The SMILES string of the molecule is N#CSCF. The largest absolute Gasteiger partial charge is 0.238 e. The Morgan fingerprint density at radius 3 is 2.60 bits per heavy atom. The summed E-state index contributed by atoms with van der Waals surface area (Å²) in [6.07, 6.45) is 0. The predicted octanol–water partition coefficient (Wildman–Crippen LogP) is 1.13. The fourth-order valence-corrected chi connectivity index (χ4v) is 0.0732. The highest BCUT2D eigenvalue weighted by Crippen LogP contribution is 1.92. The molecule has 0 spiro atoms. The zero-order valence-electron chi connectivity index (χ0n) is 2.44. The number of nitriles is 1. The average molecular weight is 91.1 g/mol. The molecule has 0 aliphatic carbocycles. The molecule has 0 N–H and O–H groups in total. The van der Waals surface area contributed by atoms with E-state index in [-0.39, 0.29) is 0 Å². The van der Waals surface area contributed by atoms with E-state index in [1.54, 1.807) is 5.40 Å². The Morgan fingerprint density at radius 2 is 2.60 bits per heavy atom. The maximum absolute atomic E-state index is 10.7. The topological polar surface area (TPSA) is 23.8 Å². The summed E-state index contributed by atoms with van der Waals surface area (Å²) in [7, 11) is 0. The molecule has 0 unspecified atom stereocenters. The van der Waals surface area contributed by atoms with E-state index in [0.29, 0.717) is 11.8 Å². The minimum Gasteiger partial charge on any atom is -0.238 e. The van der Waals surface area contributed by atoms with Crippen molar-refractivity contribution in [2.75, 3.05) is 6.01 Å². The van der Waals surface area contributed by atoms with Crippen LogP contribution >= 0.6 is 11.8 Å². The summed E-state index contributed by atoms with van der Waals surface area (Å²) < 4.78 is 10.7. The Balaban J connectivity index is 2.48. The van der Waals surface area contributed by atoms with Crippen LogP contribution in [0.15, 0.2) is 0 Å². The molecule has 5 heavy (non-hydrogen) atoms. The fraction of sp³-hybridized carbons (Fsp3) is 0.500. The van der Waals surface area contributed by atoms with Gasteiger partial charge in [0.15, 0.2) is 0 Å². The van der Waals surface area contributed by atoms with Crippen molar-refractivity contribution in [3.63, 3.8) is 0 Å². The van der Waals surface area contributed by atoms with Crippen LogP contribution < -0.4 is 0 Å². The van der Waals surface area contributed by atoms with Gasteiger partial charge in [-0.2, -0.15) is 5.26 Å². The molecule has 0 saturated heterocycles. The number of alkyl halides is 1. The molecule has 28 valence electrons. The lowest BCUT2D eigenvalue weighted by atomic mass is 11.8. The fourth-order valence-electron chi connectivity index (χ4n) is 0.0244. The lowest BCUT2D eigenvalue weighted by molar-refractivity contribution is 0.607. The van der Waals surface area contributed by atoms with Crippen molar-refractivity contribution in [2.45, 2.75) is 0 Å². The highest BCUT2D eigenvalue weighted by molar-refractivity contribution is 8.03. The van der Waals surface area contributed by atoms with Gasteiger partial charge in [0, 0.05) is 0 Å². The van der Waals surface area contributed by atoms with E-state index >= 15 is 0 Å². The molecule has 0 rings (SSSR count). The molecule has 0 aromatic carbocycles. The van der Waals surface area contributed by atoms with Crippen LogP contribution in [0.1, 0.15) is 0 Å². The molecular weight excluding hydrogens is 89.1 g/mol. The summed E-state index contributed by atoms with van der Waals surface area (Å²) in [6.45, 7) is 0. The number of thioether (sulfide) groups is 1. The first kappa shape index (κ1) is 4.77. The zero-order chi connectivity index (χ0) is 4.12. The quantitative estimate of drug-likeness (QED) is 0.451. The third-order valence-corrected chi connectivity index (χ3v) is 0.357. The molecule has 0 aromatic rings. The Morgan fingerprint density at radius 1 is 2.00 bits per heavy atom. The van der Waals surface area contributed by atoms with Gasteiger partial charge in [0.2, 0.25) is 0 Å². The third kappa shape index (κ3) is 3.77. The molecule has 0 aliphatic rings. The normalized spacial score (nSPS) is 6.40. The first-order valence-electron chi connectivity index (χ1n) is 0.984. The molecule has 0 heterocycles. The van der Waals surface area contributed by atoms with Crippen molar-refractivity contribution in [1.29, 1.82) is 5.26 Å². The maximum atomic E-state index is 10.7. The standard InChI is InChI=1S/C2H2FNS/c3-1-5-2-4/h1H2. The number of halogens is 1. The van der Waals surface area contributed by atoms with E-state index in [1.165, 1.54) is 0 Å². The van der Waals surface area contributed by atoms with Crippen LogP contribution in [0.25, 0.3) is 0 Å². The summed E-state index contributed by atoms with van der Waals surface area (Å²) in [5.41, 5.74) is 0. The van der Waals surface area contributed by atoms with Gasteiger partial charge < -0.3 is 0 Å². The summed E-state index contributed by atoms with van der Waals surface area (Å²) in [4.78, 5) is 0. The lowest BCUT2D eigenvalue weighted by Crippen LogP contribution is -1.48. The molecule has 0 radical (unpaired) electrons. The highest BCUT2D eigenvalue weighted by atomic mass is 32.2. The molecule has 0 bridgehead atoms. The molecule has 0 amide bonds. The van der Waals surface area contributed by atoms with E-state index in [2.05, 4.69) is 0 Å². The molecule has 0 saturated carbocycles. The van der Waals surface area contributed by atoms with Gasteiger partial charge in [-0.3, -0.25) is 0 Å². The van der Waals surface area contributed by atoms with Crippen LogP contribution in [0.5, 0.6) is 0 Å². The van der Waals surface area contributed by atoms with E-state index in [4.69, 9.17) is 5.26 Å². The number of rotatable bonds is 1. The highest BCUT2D eigenvalue weighted by Gasteiger charge is 1.69. The van der Waals surface area contributed by atoms with Gasteiger partial charge in [-0.15, -0.1) is 0 Å². The van der Waals surface area contributed by atoms with E-state index < -0.39 is 6.01 Å². The maximum Gasteiger partial charge on any atom is 0.149 e. The monoisotopic (exact) mass is 91.0 g/mol. The number of thiocyanates is 1. The Kier molecular flexibility index (Phi) is 3.60. The lowest BCUT2D eigenvalue weighted by Gasteiger charge is -1.62. The van der Waals surface area contributed by atoms with Crippen molar-refractivity contribution >= 4 is 11.8 Å². The first-order valence-corrected chi connectivity index (χ1v) is 1.97. The van der Waals surface area contributed by atoms with E-state index in [1.807, 2.05) is 0 Å². The molecule has 0 atom stereocenters. The molecule has 3 heteroatoms. The van der Waals surface area contributed by atoms with Gasteiger partial charge in [0.25, 0.3) is 0 Å². The van der Waals surface area contributed by atoms with Crippen LogP contribution in [0, 0.1) is 10.7 Å². The van der Waals surface area contributed by atoms with Crippen LogP contribution in [0.2, 0.25) is 0 Å². The summed E-state index contributed by atoms with van der Waals surface area (Å²) in [5, 5.41) is 9.10. The first-order chi connectivity index (χ1) is 2.41. The molecule has 1 nitrogen and oxygen atoms in total. The third-order valence-electron chi connectivity index (χ3n) is 0.119. The van der Waals surface area contributed by atoms with Crippen molar-refractivity contribution in [3.8, 4) is 5.40 Å². The van der Waals surface area contributed by atoms with Crippen molar-refractivity contribution < 1.29 is 4.39 Å². The summed E-state index contributed by atoms with van der Waals surface area (Å²) >= 11 is 0.602. The van der Waals surface area contributed by atoms with E-state index in [9.17, 15) is 4.39 Å². The number of hydrogen-bond donors (Lipinski definition) is 0. The molecular formula is C2H2FNS. The summed E-state index contributed by atoms with van der Waals surface area (Å²) in [6, 6.07) is -0.601. The van der Waals surface area contributed by atoms with Gasteiger partial charge in [-0.25, -0.2) is 4.39 Å². The average Bonchev–Trinajstić information content (AvgIpc) is 1.41. The van der Waals surface area contributed by atoms with Crippen LogP contribution in [0.4, 0.5) is 4.39 Å².